The fourth-order valence-corrected chi connectivity index (χ4v) is 4.06. The number of benzene rings is 1. The van der Waals surface area contributed by atoms with Gasteiger partial charge in [0.05, 0.1) is 12.6 Å². The summed E-state index contributed by atoms with van der Waals surface area (Å²) in [7, 11) is 0. The standard InChI is InChI=1S/C22H36N4O.HI/c1-2-23-22(26-15-11-21(27)12-16-26)24-17-19-9-5-6-10-20(19)18-25-13-7-3-4-8-14-25;/h5-6,9-10,21,27H,2-4,7-8,11-18H2,1H3,(H,23,24);1H. The SMILES string of the molecule is CCNC(=NCc1ccccc1CN1CCCCCC1)N1CCC(O)CC1.I. The van der Waals surface area contributed by atoms with Crippen LogP contribution in [0.3, 0.4) is 0 Å². The van der Waals surface area contributed by atoms with Gasteiger partial charge in [-0.1, -0.05) is 37.1 Å². The van der Waals surface area contributed by atoms with Gasteiger partial charge in [-0.15, -0.1) is 24.0 Å². The number of nitrogens with zero attached hydrogens (tertiary/aromatic N) is 3. The maximum atomic E-state index is 9.77. The van der Waals surface area contributed by atoms with E-state index in [4.69, 9.17) is 4.99 Å². The van der Waals surface area contributed by atoms with Crippen molar-refractivity contribution in [2.75, 3.05) is 32.7 Å². The van der Waals surface area contributed by atoms with E-state index in [0.29, 0.717) is 6.54 Å². The summed E-state index contributed by atoms with van der Waals surface area (Å²) in [5.74, 6) is 0.981. The van der Waals surface area contributed by atoms with E-state index in [1.54, 1.807) is 0 Å². The predicted octanol–water partition coefficient (Wildman–Crippen LogP) is 3.60. The largest absolute Gasteiger partial charge is 0.393 e. The summed E-state index contributed by atoms with van der Waals surface area (Å²) < 4.78 is 0. The lowest BCUT2D eigenvalue weighted by Gasteiger charge is -2.32. The Morgan fingerprint density at radius 2 is 1.68 bits per heavy atom. The summed E-state index contributed by atoms with van der Waals surface area (Å²) in [6.45, 7) is 8.93. The van der Waals surface area contributed by atoms with E-state index < -0.39 is 0 Å². The summed E-state index contributed by atoms with van der Waals surface area (Å²) in [4.78, 5) is 9.83. The number of rotatable bonds is 5. The topological polar surface area (TPSA) is 51.1 Å². The van der Waals surface area contributed by atoms with Crippen LogP contribution >= 0.6 is 24.0 Å². The summed E-state index contributed by atoms with van der Waals surface area (Å²) in [6.07, 6.45) is 6.90. The third-order valence-corrected chi connectivity index (χ3v) is 5.71. The van der Waals surface area contributed by atoms with Gasteiger partial charge < -0.3 is 15.3 Å². The average Bonchev–Trinajstić information content (AvgIpc) is 2.96. The molecule has 0 saturated carbocycles. The first-order valence-electron chi connectivity index (χ1n) is 10.8. The zero-order valence-electron chi connectivity index (χ0n) is 17.3. The van der Waals surface area contributed by atoms with E-state index in [2.05, 4.69) is 46.3 Å². The Morgan fingerprint density at radius 1 is 1.04 bits per heavy atom. The van der Waals surface area contributed by atoms with E-state index in [0.717, 1.165) is 45.0 Å². The van der Waals surface area contributed by atoms with Crippen LogP contribution in [-0.2, 0) is 13.1 Å². The number of aliphatic hydroxyl groups excluding tert-OH is 1. The number of likely N-dealkylation sites (tertiary alicyclic amines) is 2. The molecule has 2 N–H and O–H groups in total. The van der Waals surface area contributed by atoms with Crippen LogP contribution in [0.25, 0.3) is 0 Å². The lowest BCUT2D eigenvalue weighted by atomic mass is 10.1. The molecular formula is C22H37IN4O. The van der Waals surface area contributed by atoms with Gasteiger partial charge in [0.15, 0.2) is 5.96 Å². The molecule has 1 aromatic carbocycles. The maximum absolute atomic E-state index is 9.77. The molecule has 1 aromatic rings. The summed E-state index contributed by atoms with van der Waals surface area (Å²) in [6, 6.07) is 8.76. The molecule has 0 bridgehead atoms. The lowest BCUT2D eigenvalue weighted by Crippen LogP contribution is -2.46. The quantitative estimate of drug-likeness (QED) is 0.369. The molecule has 0 spiro atoms. The Hall–Kier alpha value is -0.860. The third kappa shape index (κ3) is 7.19. The highest BCUT2D eigenvalue weighted by molar-refractivity contribution is 14.0. The number of hydrogen-bond donors (Lipinski definition) is 2. The molecule has 0 radical (unpaired) electrons. The molecular weight excluding hydrogens is 463 g/mol. The van der Waals surface area contributed by atoms with Crippen molar-refractivity contribution in [3.8, 4) is 0 Å². The van der Waals surface area contributed by atoms with Crippen LogP contribution in [0.1, 0.15) is 56.6 Å². The number of halogens is 1. The number of aliphatic hydroxyl groups is 1. The minimum absolute atomic E-state index is 0. The van der Waals surface area contributed by atoms with Crippen molar-refractivity contribution >= 4 is 29.9 Å². The van der Waals surface area contributed by atoms with Crippen LogP contribution in [0.4, 0.5) is 0 Å². The average molecular weight is 500 g/mol. The zero-order chi connectivity index (χ0) is 18.9. The molecule has 0 aromatic heterocycles. The van der Waals surface area contributed by atoms with Crippen LogP contribution in [0.15, 0.2) is 29.3 Å². The van der Waals surface area contributed by atoms with Crippen molar-refractivity contribution in [1.29, 1.82) is 0 Å². The van der Waals surface area contributed by atoms with E-state index in [1.807, 2.05) is 0 Å². The van der Waals surface area contributed by atoms with Gasteiger partial charge in [-0.3, -0.25) is 4.90 Å². The van der Waals surface area contributed by atoms with Gasteiger partial charge in [-0.2, -0.15) is 0 Å². The Kier molecular flexibility index (Phi) is 10.6. The molecule has 3 rings (SSSR count). The fourth-order valence-electron chi connectivity index (χ4n) is 4.06. The summed E-state index contributed by atoms with van der Waals surface area (Å²) in [5.41, 5.74) is 2.74. The first-order valence-corrected chi connectivity index (χ1v) is 10.8. The molecule has 5 nitrogen and oxygen atoms in total. The first-order chi connectivity index (χ1) is 13.3. The van der Waals surface area contributed by atoms with Crippen LogP contribution in [0, 0.1) is 0 Å². The minimum Gasteiger partial charge on any atom is -0.393 e. The zero-order valence-corrected chi connectivity index (χ0v) is 19.6. The Bertz CT molecular complexity index is 594. The predicted molar refractivity (Wildman–Crippen MR) is 127 cm³/mol. The van der Waals surface area contributed by atoms with Gasteiger partial charge in [-0.25, -0.2) is 4.99 Å². The molecule has 0 amide bonds. The second kappa shape index (κ2) is 12.6. The molecule has 28 heavy (non-hydrogen) atoms. The molecule has 2 aliphatic rings. The molecule has 2 aliphatic heterocycles. The van der Waals surface area contributed by atoms with Crippen LogP contribution < -0.4 is 5.32 Å². The monoisotopic (exact) mass is 500 g/mol. The Balaban J connectivity index is 0.00000280. The van der Waals surface area contributed by atoms with Gasteiger partial charge >= 0.3 is 0 Å². The fraction of sp³-hybridized carbons (Fsp3) is 0.682. The number of hydrogen-bond acceptors (Lipinski definition) is 3. The Labute approximate surface area is 187 Å². The second-order valence-corrected chi connectivity index (χ2v) is 7.85. The summed E-state index contributed by atoms with van der Waals surface area (Å²) in [5, 5.41) is 13.2. The van der Waals surface area contributed by atoms with Crippen molar-refractivity contribution in [3.63, 3.8) is 0 Å². The molecule has 2 heterocycles. The van der Waals surface area contributed by atoms with E-state index >= 15 is 0 Å². The molecule has 0 unspecified atom stereocenters. The number of nitrogens with one attached hydrogen (secondary N) is 1. The number of piperidine rings is 1. The number of aliphatic imine (C=N–C) groups is 1. The highest BCUT2D eigenvalue weighted by atomic mass is 127. The molecule has 158 valence electrons. The highest BCUT2D eigenvalue weighted by Crippen LogP contribution is 2.17. The smallest absolute Gasteiger partial charge is 0.194 e. The van der Waals surface area contributed by atoms with Crippen molar-refractivity contribution in [3.05, 3.63) is 35.4 Å². The first kappa shape index (κ1) is 23.4. The van der Waals surface area contributed by atoms with Crippen LogP contribution in [-0.4, -0.2) is 59.7 Å². The van der Waals surface area contributed by atoms with Gasteiger partial charge in [0.25, 0.3) is 0 Å². The van der Waals surface area contributed by atoms with Crippen molar-refractivity contribution in [2.45, 2.75) is 64.6 Å². The van der Waals surface area contributed by atoms with Gasteiger partial charge in [0.2, 0.25) is 0 Å². The van der Waals surface area contributed by atoms with Crippen molar-refractivity contribution in [1.82, 2.24) is 15.1 Å². The number of guanidine groups is 1. The highest BCUT2D eigenvalue weighted by Gasteiger charge is 2.19. The Morgan fingerprint density at radius 3 is 2.32 bits per heavy atom. The van der Waals surface area contributed by atoms with E-state index in [9.17, 15) is 5.11 Å². The van der Waals surface area contributed by atoms with Crippen LogP contribution in [0.2, 0.25) is 0 Å². The maximum Gasteiger partial charge on any atom is 0.194 e. The third-order valence-electron chi connectivity index (χ3n) is 5.71. The molecule has 2 saturated heterocycles. The van der Waals surface area contributed by atoms with Gasteiger partial charge in [0.1, 0.15) is 0 Å². The van der Waals surface area contributed by atoms with Crippen molar-refractivity contribution < 1.29 is 5.11 Å². The van der Waals surface area contributed by atoms with E-state index in [-0.39, 0.29) is 30.1 Å². The van der Waals surface area contributed by atoms with Crippen LogP contribution in [0.5, 0.6) is 0 Å². The van der Waals surface area contributed by atoms with Crippen molar-refractivity contribution in [2.24, 2.45) is 4.99 Å². The lowest BCUT2D eigenvalue weighted by molar-refractivity contribution is 0.108. The second-order valence-electron chi connectivity index (χ2n) is 7.85. The van der Waals surface area contributed by atoms with Gasteiger partial charge in [0, 0.05) is 26.2 Å². The molecule has 6 heteroatoms. The molecule has 0 atom stereocenters. The van der Waals surface area contributed by atoms with E-state index in [1.165, 1.54) is 49.9 Å². The molecule has 2 fully saturated rings. The van der Waals surface area contributed by atoms with Gasteiger partial charge in [-0.05, 0) is 56.8 Å². The minimum atomic E-state index is -0.154. The normalized spacial score (nSPS) is 19.8. The molecule has 0 aliphatic carbocycles. The summed E-state index contributed by atoms with van der Waals surface area (Å²) >= 11 is 0.